The van der Waals surface area contributed by atoms with Gasteiger partial charge in [0.1, 0.15) is 5.75 Å². The third kappa shape index (κ3) is 5.21. The number of benzene rings is 1. The monoisotopic (exact) mass is 276 g/mol. The van der Waals surface area contributed by atoms with Gasteiger partial charge in [-0.3, -0.25) is 4.79 Å². The largest absolute Gasteiger partial charge is 0.497 e. The number of methoxy groups -OCH3 is 1. The minimum Gasteiger partial charge on any atom is -0.497 e. The first-order chi connectivity index (χ1) is 9.67. The standard InChI is InChI=1S/C16H24N2O2/c1-12(11-13-3-7-15(20-2)8-4-13)17-10-9-16(19)18-14-5-6-14/h3-4,7-8,12,14,17H,5-6,9-11H2,1-2H3,(H,18,19). The summed E-state index contributed by atoms with van der Waals surface area (Å²) in [5.74, 6) is 1.04. The summed E-state index contributed by atoms with van der Waals surface area (Å²) in [6.45, 7) is 2.87. The lowest BCUT2D eigenvalue weighted by Gasteiger charge is -2.14. The molecule has 1 unspecified atom stereocenters. The number of amides is 1. The number of carbonyl (C=O) groups excluding carboxylic acids is 1. The molecule has 0 saturated heterocycles. The Bertz CT molecular complexity index is 427. The van der Waals surface area contributed by atoms with Crippen molar-refractivity contribution < 1.29 is 9.53 Å². The van der Waals surface area contributed by atoms with Crippen LogP contribution in [0, 0.1) is 0 Å². The van der Waals surface area contributed by atoms with E-state index in [0.29, 0.717) is 18.5 Å². The van der Waals surface area contributed by atoms with Crippen molar-refractivity contribution in [3.8, 4) is 5.75 Å². The maximum Gasteiger partial charge on any atom is 0.221 e. The molecule has 20 heavy (non-hydrogen) atoms. The van der Waals surface area contributed by atoms with Crippen LogP contribution in [0.1, 0.15) is 31.7 Å². The molecule has 0 radical (unpaired) electrons. The molecule has 1 atom stereocenters. The summed E-state index contributed by atoms with van der Waals surface area (Å²) in [5, 5.41) is 6.39. The lowest BCUT2D eigenvalue weighted by atomic mass is 10.1. The van der Waals surface area contributed by atoms with E-state index in [0.717, 1.165) is 31.6 Å². The van der Waals surface area contributed by atoms with Gasteiger partial charge in [-0.1, -0.05) is 12.1 Å². The van der Waals surface area contributed by atoms with Crippen LogP contribution < -0.4 is 15.4 Å². The summed E-state index contributed by atoms with van der Waals surface area (Å²) in [7, 11) is 1.67. The Morgan fingerprint density at radius 2 is 2.05 bits per heavy atom. The van der Waals surface area contributed by atoms with Gasteiger partial charge in [0.05, 0.1) is 7.11 Å². The average molecular weight is 276 g/mol. The van der Waals surface area contributed by atoms with Crippen LogP contribution in [0.25, 0.3) is 0 Å². The Balaban J connectivity index is 1.63. The SMILES string of the molecule is COc1ccc(CC(C)NCCC(=O)NC2CC2)cc1. The van der Waals surface area contributed by atoms with Gasteiger partial charge < -0.3 is 15.4 Å². The quantitative estimate of drug-likeness (QED) is 0.762. The van der Waals surface area contributed by atoms with E-state index in [4.69, 9.17) is 4.74 Å². The fourth-order valence-electron chi connectivity index (χ4n) is 2.15. The molecule has 2 N–H and O–H groups in total. The molecule has 1 fully saturated rings. The molecule has 1 amide bonds. The molecular weight excluding hydrogens is 252 g/mol. The Hall–Kier alpha value is -1.55. The molecule has 0 aromatic heterocycles. The van der Waals surface area contributed by atoms with E-state index >= 15 is 0 Å². The highest BCUT2D eigenvalue weighted by molar-refractivity contribution is 5.76. The van der Waals surface area contributed by atoms with E-state index in [1.165, 1.54) is 5.56 Å². The summed E-state index contributed by atoms with van der Waals surface area (Å²) in [4.78, 5) is 11.5. The minimum atomic E-state index is 0.164. The first kappa shape index (κ1) is 14.9. The third-order valence-corrected chi connectivity index (χ3v) is 3.49. The number of ether oxygens (including phenoxy) is 1. The van der Waals surface area contributed by atoms with E-state index < -0.39 is 0 Å². The second-order valence-electron chi connectivity index (χ2n) is 5.50. The first-order valence-corrected chi connectivity index (χ1v) is 7.33. The lowest BCUT2D eigenvalue weighted by molar-refractivity contribution is -0.121. The minimum absolute atomic E-state index is 0.164. The van der Waals surface area contributed by atoms with Crippen LogP contribution >= 0.6 is 0 Å². The van der Waals surface area contributed by atoms with Gasteiger partial charge in [-0.2, -0.15) is 0 Å². The number of carbonyl (C=O) groups is 1. The van der Waals surface area contributed by atoms with Crippen molar-refractivity contribution in [2.45, 2.75) is 44.7 Å². The van der Waals surface area contributed by atoms with Crippen molar-refractivity contribution in [2.24, 2.45) is 0 Å². The molecule has 0 aliphatic heterocycles. The molecule has 1 aliphatic rings. The third-order valence-electron chi connectivity index (χ3n) is 3.49. The van der Waals surface area contributed by atoms with Crippen molar-refractivity contribution in [1.82, 2.24) is 10.6 Å². The molecule has 1 aromatic carbocycles. The number of rotatable bonds is 8. The van der Waals surface area contributed by atoms with Crippen molar-refractivity contribution in [2.75, 3.05) is 13.7 Å². The van der Waals surface area contributed by atoms with Crippen LogP contribution in [0.5, 0.6) is 5.75 Å². The molecule has 0 heterocycles. The zero-order valence-electron chi connectivity index (χ0n) is 12.3. The summed E-state index contributed by atoms with van der Waals surface area (Å²) in [6.07, 6.45) is 3.80. The van der Waals surface area contributed by atoms with Crippen molar-refractivity contribution in [1.29, 1.82) is 0 Å². The molecular formula is C16H24N2O2. The predicted molar refractivity (Wildman–Crippen MR) is 79.9 cm³/mol. The molecule has 1 saturated carbocycles. The molecule has 1 aliphatic carbocycles. The normalized spacial score (nSPS) is 15.7. The van der Waals surface area contributed by atoms with Crippen LogP contribution in [0.4, 0.5) is 0 Å². The second kappa shape index (κ2) is 7.29. The van der Waals surface area contributed by atoms with Gasteiger partial charge in [-0.25, -0.2) is 0 Å². The zero-order chi connectivity index (χ0) is 14.4. The number of hydrogen-bond acceptors (Lipinski definition) is 3. The molecule has 4 nitrogen and oxygen atoms in total. The van der Waals surface area contributed by atoms with Crippen LogP contribution in [-0.4, -0.2) is 31.6 Å². The van der Waals surface area contributed by atoms with Crippen LogP contribution in [0.15, 0.2) is 24.3 Å². The Morgan fingerprint density at radius 1 is 1.35 bits per heavy atom. The van der Waals surface area contributed by atoms with Crippen molar-refractivity contribution >= 4 is 5.91 Å². The van der Waals surface area contributed by atoms with Crippen LogP contribution in [0.3, 0.4) is 0 Å². The Kier molecular flexibility index (Phi) is 5.41. The van der Waals surface area contributed by atoms with Gasteiger partial charge in [0, 0.05) is 25.0 Å². The van der Waals surface area contributed by atoms with Gasteiger partial charge in [-0.15, -0.1) is 0 Å². The van der Waals surface area contributed by atoms with Crippen LogP contribution in [-0.2, 0) is 11.2 Å². The van der Waals surface area contributed by atoms with E-state index in [1.54, 1.807) is 7.11 Å². The summed E-state index contributed by atoms with van der Waals surface area (Å²) >= 11 is 0. The van der Waals surface area contributed by atoms with E-state index in [2.05, 4.69) is 29.7 Å². The van der Waals surface area contributed by atoms with E-state index in [9.17, 15) is 4.79 Å². The maximum atomic E-state index is 11.5. The van der Waals surface area contributed by atoms with E-state index in [-0.39, 0.29) is 5.91 Å². The fraction of sp³-hybridized carbons (Fsp3) is 0.562. The van der Waals surface area contributed by atoms with Gasteiger partial charge in [0.2, 0.25) is 5.91 Å². The highest BCUT2D eigenvalue weighted by Gasteiger charge is 2.22. The summed E-state index contributed by atoms with van der Waals surface area (Å²) < 4.78 is 5.14. The fourth-order valence-corrected chi connectivity index (χ4v) is 2.15. The first-order valence-electron chi connectivity index (χ1n) is 7.33. The molecule has 4 heteroatoms. The molecule has 0 spiro atoms. The van der Waals surface area contributed by atoms with E-state index in [1.807, 2.05) is 12.1 Å². The van der Waals surface area contributed by atoms with Gasteiger partial charge in [0.15, 0.2) is 0 Å². The molecule has 110 valence electrons. The van der Waals surface area contributed by atoms with Crippen molar-refractivity contribution in [3.63, 3.8) is 0 Å². The van der Waals surface area contributed by atoms with Gasteiger partial charge in [0.25, 0.3) is 0 Å². The number of hydrogen-bond donors (Lipinski definition) is 2. The topological polar surface area (TPSA) is 50.4 Å². The lowest BCUT2D eigenvalue weighted by Crippen LogP contribution is -2.33. The summed E-state index contributed by atoms with van der Waals surface area (Å²) in [5.41, 5.74) is 1.27. The maximum absolute atomic E-state index is 11.5. The van der Waals surface area contributed by atoms with Gasteiger partial charge in [-0.05, 0) is 43.9 Å². The summed E-state index contributed by atoms with van der Waals surface area (Å²) in [6, 6.07) is 8.93. The Morgan fingerprint density at radius 3 is 2.65 bits per heavy atom. The van der Waals surface area contributed by atoms with Gasteiger partial charge >= 0.3 is 0 Å². The predicted octanol–water partition coefficient (Wildman–Crippen LogP) is 1.88. The highest BCUT2D eigenvalue weighted by atomic mass is 16.5. The zero-order valence-corrected chi connectivity index (χ0v) is 12.3. The Labute approximate surface area is 120 Å². The second-order valence-corrected chi connectivity index (χ2v) is 5.50. The molecule has 1 aromatic rings. The smallest absolute Gasteiger partial charge is 0.221 e. The van der Waals surface area contributed by atoms with Crippen LogP contribution in [0.2, 0.25) is 0 Å². The molecule has 2 rings (SSSR count). The van der Waals surface area contributed by atoms with Crippen molar-refractivity contribution in [3.05, 3.63) is 29.8 Å². The number of nitrogens with one attached hydrogen (secondary N) is 2. The molecule has 0 bridgehead atoms. The average Bonchev–Trinajstić information content (AvgIpc) is 3.23. The highest BCUT2D eigenvalue weighted by Crippen LogP contribution is 2.18.